The van der Waals surface area contributed by atoms with Crippen LogP contribution in [0.15, 0.2) is 24.3 Å². The number of alkyl halides is 2. The lowest BCUT2D eigenvalue weighted by atomic mass is 9.81. The summed E-state index contributed by atoms with van der Waals surface area (Å²) in [5.41, 5.74) is 1.69. The van der Waals surface area contributed by atoms with Gasteiger partial charge >= 0.3 is 0 Å². The van der Waals surface area contributed by atoms with E-state index in [1.54, 1.807) is 0 Å². The second-order valence-corrected chi connectivity index (χ2v) is 8.85. The molecule has 2 saturated carbocycles. The van der Waals surface area contributed by atoms with Crippen LogP contribution in [0.3, 0.4) is 0 Å². The Balaban J connectivity index is 1.59. The zero-order chi connectivity index (χ0) is 18.7. The van der Waals surface area contributed by atoms with Crippen LogP contribution in [0.4, 0.5) is 5.69 Å². The van der Waals surface area contributed by atoms with Crippen LogP contribution in [0.2, 0.25) is 0 Å². The molecule has 1 aliphatic heterocycles. The fourth-order valence-corrected chi connectivity index (χ4v) is 6.32. The molecule has 10 heteroatoms. The lowest BCUT2D eigenvalue weighted by Crippen LogP contribution is -2.47. The van der Waals surface area contributed by atoms with Crippen molar-refractivity contribution in [2.24, 2.45) is 23.7 Å². The minimum absolute atomic E-state index is 0.0267. The Morgan fingerprint density at radius 2 is 1.65 bits per heavy atom. The number of carbonyl (C=O) groups excluding carboxylic acids is 3. The van der Waals surface area contributed by atoms with Crippen LogP contribution in [0, 0.1) is 33.8 Å². The van der Waals surface area contributed by atoms with E-state index in [0.717, 1.165) is 11.4 Å². The summed E-state index contributed by atoms with van der Waals surface area (Å²) in [6.07, 6.45) is 0.782. The summed E-state index contributed by atoms with van der Waals surface area (Å²) in [6, 6.07) is 5.40. The van der Waals surface area contributed by atoms with Crippen molar-refractivity contribution in [2.45, 2.75) is 16.1 Å². The summed E-state index contributed by atoms with van der Waals surface area (Å²) < 4.78 is 0. The molecular weight excluding hydrogens is 474 g/mol. The van der Waals surface area contributed by atoms with Gasteiger partial charge in [0.2, 0.25) is 0 Å². The van der Waals surface area contributed by atoms with Crippen molar-refractivity contribution in [3.8, 4) is 0 Å². The van der Waals surface area contributed by atoms with Crippen LogP contribution in [0.1, 0.15) is 16.8 Å². The number of nitrogens with one attached hydrogen (secondary N) is 1. The lowest BCUT2D eigenvalue weighted by Gasteiger charge is -2.28. The number of rotatable bonds is 3. The van der Waals surface area contributed by atoms with Gasteiger partial charge in [-0.1, -0.05) is 44.0 Å². The number of hydrazine groups is 1. The van der Waals surface area contributed by atoms with E-state index in [4.69, 9.17) is 0 Å². The van der Waals surface area contributed by atoms with Crippen molar-refractivity contribution in [1.82, 2.24) is 10.4 Å². The molecule has 0 unspecified atom stereocenters. The maximum Gasteiger partial charge on any atom is 0.282 e. The minimum atomic E-state index is -0.850. The Morgan fingerprint density at radius 1 is 1.12 bits per heavy atom. The first-order chi connectivity index (χ1) is 12.3. The number of nitro groups is 1. The summed E-state index contributed by atoms with van der Waals surface area (Å²) in [7, 11) is 0. The molecular formula is C16H13Br2N3O5. The predicted molar refractivity (Wildman–Crippen MR) is 96.4 cm³/mol. The van der Waals surface area contributed by atoms with E-state index in [9.17, 15) is 24.5 Å². The van der Waals surface area contributed by atoms with Crippen molar-refractivity contribution < 1.29 is 19.3 Å². The Labute approximate surface area is 164 Å². The Hall–Kier alpha value is -1.81. The Kier molecular flexibility index (Phi) is 4.14. The molecule has 1 aromatic carbocycles. The predicted octanol–water partition coefficient (Wildman–Crippen LogP) is 2.02. The number of para-hydroxylation sites is 1. The first kappa shape index (κ1) is 17.6. The second kappa shape index (κ2) is 6.12. The summed E-state index contributed by atoms with van der Waals surface area (Å²) >= 11 is 7.17. The van der Waals surface area contributed by atoms with E-state index in [-0.39, 0.29) is 32.7 Å². The smallest absolute Gasteiger partial charge is 0.272 e. The first-order valence-corrected chi connectivity index (χ1v) is 9.86. The number of nitrogens with zero attached hydrogens (tertiary/aromatic N) is 2. The lowest BCUT2D eigenvalue weighted by molar-refractivity contribution is -0.385. The molecule has 3 amide bonds. The quantitative estimate of drug-likeness (QED) is 0.304. The SMILES string of the molecule is O=C(NN1C(=O)[C@@H]2[C@H]3C[C@@H]([C@H](Br)[C@H]3Br)[C@H]2C1=O)c1ccccc1[N+](=O)[O-]. The first-order valence-electron chi connectivity index (χ1n) is 8.03. The third-order valence-electron chi connectivity index (χ3n) is 5.55. The monoisotopic (exact) mass is 485 g/mol. The molecule has 3 fully saturated rings. The molecule has 2 bridgehead atoms. The number of amides is 3. The van der Waals surface area contributed by atoms with Crippen molar-refractivity contribution in [2.75, 3.05) is 0 Å². The molecule has 136 valence electrons. The number of fused-ring (bicyclic) bond motifs is 5. The van der Waals surface area contributed by atoms with E-state index < -0.39 is 34.5 Å². The molecule has 1 N–H and O–H groups in total. The summed E-state index contributed by atoms with van der Waals surface area (Å²) in [6.45, 7) is 0. The molecule has 0 radical (unpaired) electrons. The van der Waals surface area contributed by atoms with Gasteiger partial charge < -0.3 is 0 Å². The number of nitro benzene ring substituents is 1. The highest BCUT2D eigenvalue weighted by Crippen LogP contribution is 2.59. The average molecular weight is 487 g/mol. The highest BCUT2D eigenvalue weighted by atomic mass is 79.9. The van der Waals surface area contributed by atoms with Crippen molar-refractivity contribution in [1.29, 1.82) is 0 Å². The zero-order valence-electron chi connectivity index (χ0n) is 13.2. The molecule has 0 spiro atoms. The minimum Gasteiger partial charge on any atom is -0.272 e. The van der Waals surface area contributed by atoms with E-state index >= 15 is 0 Å². The Bertz CT molecular complexity index is 815. The summed E-state index contributed by atoms with van der Waals surface area (Å²) in [4.78, 5) is 48.6. The maximum absolute atomic E-state index is 12.7. The van der Waals surface area contributed by atoms with E-state index in [0.29, 0.717) is 0 Å². The summed E-state index contributed by atoms with van der Waals surface area (Å²) in [5, 5.41) is 11.8. The molecule has 1 saturated heterocycles. The molecule has 1 aromatic rings. The molecule has 2 aliphatic carbocycles. The fraction of sp³-hybridized carbons (Fsp3) is 0.438. The topological polar surface area (TPSA) is 110 Å². The second-order valence-electron chi connectivity index (χ2n) is 6.73. The maximum atomic E-state index is 12.7. The van der Waals surface area contributed by atoms with Gasteiger partial charge in [-0.05, 0) is 24.3 Å². The van der Waals surface area contributed by atoms with Crippen molar-refractivity contribution in [3.05, 3.63) is 39.9 Å². The molecule has 4 rings (SSSR count). The average Bonchev–Trinajstić information content (AvgIpc) is 3.22. The number of hydrogen-bond donors (Lipinski definition) is 1. The highest BCUT2D eigenvalue weighted by Gasteiger charge is 2.66. The molecule has 6 atom stereocenters. The van der Waals surface area contributed by atoms with Gasteiger partial charge in [0, 0.05) is 15.7 Å². The van der Waals surface area contributed by atoms with Gasteiger partial charge in [0.1, 0.15) is 5.56 Å². The van der Waals surface area contributed by atoms with E-state index in [2.05, 4.69) is 37.3 Å². The van der Waals surface area contributed by atoms with Crippen LogP contribution in [-0.4, -0.2) is 37.3 Å². The number of carbonyl (C=O) groups is 3. The normalized spacial score (nSPS) is 34.9. The van der Waals surface area contributed by atoms with Gasteiger partial charge in [0.15, 0.2) is 0 Å². The number of benzene rings is 1. The van der Waals surface area contributed by atoms with Crippen molar-refractivity contribution in [3.63, 3.8) is 0 Å². The number of halogens is 2. The Morgan fingerprint density at radius 3 is 2.19 bits per heavy atom. The fourth-order valence-electron chi connectivity index (χ4n) is 4.45. The molecule has 1 heterocycles. The van der Waals surface area contributed by atoms with E-state index in [1.807, 2.05) is 0 Å². The van der Waals surface area contributed by atoms with Gasteiger partial charge in [-0.25, -0.2) is 0 Å². The molecule has 8 nitrogen and oxygen atoms in total. The molecule has 3 aliphatic rings. The molecule has 26 heavy (non-hydrogen) atoms. The van der Waals surface area contributed by atoms with E-state index in [1.165, 1.54) is 24.3 Å². The standard InChI is InChI=1S/C16H13Br2N3O5/c17-12-7-5-8(13(12)18)11-10(7)15(23)20(16(11)24)19-14(22)6-3-1-2-4-9(6)21(25)26/h1-4,7-8,10-13H,5H2,(H,19,22)/t7-,8-,10-,11-,12+,13+/m1/s1. The third-order valence-corrected chi connectivity index (χ3v) is 8.75. The largest absolute Gasteiger partial charge is 0.282 e. The van der Waals surface area contributed by atoms with Gasteiger partial charge in [-0.2, -0.15) is 5.01 Å². The third kappa shape index (κ3) is 2.34. The van der Waals surface area contributed by atoms with Gasteiger partial charge in [0.25, 0.3) is 23.4 Å². The highest BCUT2D eigenvalue weighted by molar-refractivity contribution is 9.12. The molecule has 0 aromatic heterocycles. The van der Waals surface area contributed by atoms with Gasteiger partial charge in [-0.15, -0.1) is 0 Å². The number of imide groups is 1. The van der Waals surface area contributed by atoms with Crippen LogP contribution in [0.25, 0.3) is 0 Å². The zero-order valence-corrected chi connectivity index (χ0v) is 16.3. The summed E-state index contributed by atoms with van der Waals surface area (Å²) in [5.74, 6) is -2.60. The van der Waals surface area contributed by atoms with Crippen LogP contribution in [-0.2, 0) is 9.59 Å². The van der Waals surface area contributed by atoms with Crippen molar-refractivity contribution >= 4 is 55.3 Å². The van der Waals surface area contributed by atoms with Gasteiger partial charge in [-0.3, -0.25) is 29.9 Å². The van der Waals surface area contributed by atoms with Crippen LogP contribution in [0.5, 0.6) is 0 Å². The number of hydrogen-bond acceptors (Lipinski definition) is 5. The van der Waals surface area contributed by atoms with Gasteiger partial charge in [0.05, 0.1) is 16.8 Å². The van der Waals surface area contributed by atoms with Crippen LogP contribution >= 0.6 is 31.9 Å². The van der Waals surface area contributed by atoms with Crippen LogP contribution < -0.4 is 5.43 Å².